The molecule has 0 aliphatic heterocycles. The smallest absolute Gasteiger partial charge is 0.331 e. The van der Waals surface area contributed by atoms with Gasteiger partial charge in [0.2, 0.25) is 0 Å². The fourth-order valence-corrected chi connectivity index (χ4v) is 2.32. The number of esters is 1. The number of ketones is 1. The van der Waals surface area contributed by atoms with Crippen molar-refractivity contribution in [3.8, 4) is 11.5 Å². The second-order valence-electron chi connectivity index (χ2n) is 5.74. The highest BCUT2D eigenvalue weighted by molar-refractivity contribution is 5.98. The van der Waals surface area contributed by atoms with E-state index < -0.39 is 18.5 Å². The Morgan fingerprint density at radius 2 is 1.75 bits per heavy atom. The van der Waals surface area contributed by atoms with Gasteiger partial charge in [-0.3, -0.25) is 9.59 Å². The van der Waals surface area contributed by atoms with Gasteiger partial charge < -0.3 is 19.5 Å². The summed E-state index contributed by atoms with van der Waals surface area (Å²) >= 11 is 0. The van der Waals surface area contributed by atoms with E-state index >= 15 is 0 Å². The first-order valence-corrected chi connectivity index (χ1v) is 8.40. The lowest BCUT2D eigenvalue weighted by molar-refractivity contribution is -0.142. The van der Waals surface area contributed by atoms with Gasteiger partial charge in [0.25, 0.3) is 5.91 Å². The van der Waals surface area contributed by atoms with Gasteiger partial charge in [-0.05, 0) is 42.8 Å². The van der Waals surface area contributed by atoms with Crippen LogP contribution in [0.3, 0.4) is 0 Å². The molecule has 7 heteroatoms. The molecule has 0 spiro atoms. The molecule has 0 bridgehead atoms. The van der Waals surface area contributed by atoms with Gasteiger partial charge in [-0.15, -0.1) is 0 Å². The van der Waals surface area contributed by atoms with Crippen molar-refractivity contribution in [1.82, 2.24) is 0 Å². The van der Waals surface area contributed by atoms with Crippen LogP contribution in [0.25, 0.3) is 6.08 Å². The standard InChI is InChI=1S/C21H21NO6/c1-14(23)16-5-4-6-17(12-16)22-20(24)13-28-21(25)10-8-15-7-9-18(26-2)19(11-15)27-3/h4-12H,13H2,1-3H3,(H,22,24). The van der Waals surface area contributed by atoms with E-state index in [4.69, 9.17) is 14.2 Å². The molecule has 1 amide bonds. The van der Waals surface area contributed by atoms with Gasteiger partial charge in [-0.25, -0.2) is 4.79 Å². The molecule has 0 aliphatic rings. The maximum atomic E-state index is 11.9. The van der Waals surface area contributed by atoms with Gasteiger partial charge in [0.15, 0.2) is 23.9 Å². The molecule has 0 radical (unpaired) electrons. The number of Topliss-reactive ketones (excluding diaryl/α,β-unsaturated/α-hetero) is 1. The fourth-order valence-electron chi connectivity index (χ4n) is 2.32. The fraction of sp³-hybridized carbons (Fsp3) is 0.190. The first-order chi connectivity index (χ1) is 13.4. The molecule has 0 unspecified atom stereocenters. The highest BCUT2D eigenvalue weighted by atomic mass is 16.5. The number of methoxy groups -OCH3 is 2. The largest absolute Gasteiger partial charge is 0.493 e. The number of carbonyl (C=O) groups excluding carboxylic acids is 3. The number of ether oxygens (including phenoxy) is 3. The minimum absolute atomic E-state index is 0.108. The number of anilines is 1. The lowest BCUT2D eigenvalue weighted by Crippen LogP contribution is -2.20. The Kier molecular flexibility index (Phi) is 7.33. The Morgan fingerprint density at radius 3 is 2.43 bits per heavy atom. The molecular formula is C21H21NO6. The van der Waals surface area contributed by atoms with Crippen molar-refractivity contribution < 1.29 is 28.6 Å². The third-order valence-corrected chi connectivity index (χ3v) is 3.72. The predicted molar refractivity (Wildman–Crippen MR) is 105 cm³/mol. The van der Waals surface area contributed by atoms with Crippen molar-refractivity contribution in [2.45, 2.75) is 6.92 Å². The number of hydrogen-bond acceptors (Lipinski definition) is 6. The van der Waals surface area contributed by atoms with E-state index in [1.54, 1.807) is 48.5 Å². The van der Waals surface area contributed by atoms with E-state index in [0.29, 0.717) is 28.3 Å². The minimum Gasteiger partial charge on any atom is -0.493 e. The van der Waals surface area contributed by atoms with E-state index in [9.17, 15) is 14.4 Å². The Bertz CT molecular complexity index is 904. The monoisotopic (exact) mass is 383 g/mol. The molecule has 2 rings (SSSR count). The SMILES string of the molecule is COc1ccc(C=CC(=O)OCC(=O)Nc2cccc(C(C)=O)c2)cc1OC. The van der Waals surface area contributed by atoms with E-state index in [1.165, 1.54) is 27.2 Å². The van der Waals surface area contributed by atoms with Crippen molar-refractivity contribution in [1.29, 1.82) is 0 Å². The van der Waals surface area contributed by atoms with Gasteiger partial charge in [-0.1, -0.05) is 18.2 Å². The van der Waals surface area contributed by atoms with Crippen LogP contribution in [-0.4, -0.2) is 38.5 Å². The van der Waals surface area contributed by atoms with Crippen LogP contribution in [0.4, 0.5) is 5.69 Å². The van der Waals surface area contributed by atoms with E-state index in [2.05, 4.69) is 5.32 Å². The van der Waals surface area contributed by atoms with Crippen LogP contribution >= 0.6 is 0 Å². The molecule has 0 aliphatic carbocycles. The Hall–Kier alpha value is -3.61. The van der Waals surface area contributed by atoms with Gasteiger partial charge in [-0.2, -0.15) is 0 Å². The van der Waals surface area contributed by atoms with Gasteiger partial charge in [0.05, 0.1) is 14.2 Å². The average Bonchev–Trinajstić information content (AvgIpc) is 2.70. The zero-order valence-corrected chi connectivity index (χ0v) is 15.9. The third kappa shape index (κ3) is 5.98. The van der Waals surface area contributed by atoms with Crippen LogP contribution in [0.15, 0.2) is 48.5 Å². The maximum Gasteiger partial charge on any atom is 0.331 e. The highest BCUT2D eigenvalue weighted by Gasteiger charge is 2.08. The highest BCUT2D eigenvalue weighted by Crippen LogP contribution is 2.27. The maximum absolute atomic E-state index is 11.9. The number of carbonyl (C=O) groups is 3. The molecule has 0 atom stereocenters. The number of hydrogen-bond donors (Lipinski definition) is 1. The van der Waals surface area contributed by atoms with Crippen LogP contribution < -0.4 is 14.8 Å². The average molecular weight is 383 g/mol. The van der Waals surface area contributed by atoms with Crippen molar-refractivity contribution in [3.63, 3.8) is 0 Å². The molecule has 0 saturated heterocycles. The zero-order valence-electron chi connectivity index (χ0n) is 15.9. The second kappa shape index (κ2) is 9.91. The first-order valence-electron chi connectivity index (χ1n) is 8.40. The second-order valence-corrected chi connectivity index (χ2v) is 5.74. The first kappa shape index (κ1) is 20.7. The molecule has 2 aromatic carbocycles. The van der Waals surface area contributed by atoms with E-state index in [-0.39, 0.29) is 5.78 Å². The van der Waals surface area contributed by atoms with E-state index in [1.807, 2.05) is 0 Å². The van der Waals surface area contributed by atoms with Crippen molar-refractivity contribution in [2.24, 2.45) is 0 Å². The van der Waals surface area contributed by atoms with Gasteiger partial charge in [0.1, 0.15) is 0 Å². The number of amides is 1. The molecule has 0 heterocycles. The van der Waals surface area contributed by atoms with Crippen LogP contribution in [0, 0.1) is 0 Å². The summed E-state index contributed by atoms with van der Waals surface area (Å²) in [6, 6.07) is 11.7. The van der Waals surface area contributed by atoms with Crippen molar-refractivity contribution in [3.05, 3.63) is 59.7 Å². The van der Waals surface area contributed by atoms with E-state index in [0.717, 1.165) is 0 Å². The molecular weight excluding hydrogens is 362 g/mol. The van der Waals surface area contributed by atoms with Gasteiger partial charge >= 0.3 is 5.97 Å². The quantitative estimate of drug-likeness (QED) is 0.428. The summed E-state index contributed by atoms with van der Waals surface area (Å²) in [6.45, 7) is 0.993. The molecule has 146 valence electrons. The van der Waals surface area contributed by atoms with Crippen LogP contribution in [0.1, 0.15) is 22.8 Å². The number of rotatable bonds is 8. The summed E-state index contributed by atoms with van der Waals surface area (Å²) in [5.74, 6) is -0.170. The Labute approximate surface area is 162 Å². The van der Waals surface area contributed by atoms with Crippen LogP contribution in [0.5, 0.6) is 11.5 Å². The van der Waals surface area contributed by atoms with Crippen molar-refractivity contribution >= 4 is 29.4 Å². The summed E-state index contributed by atoms with van der Waals surface area (Å²) in [7, 11) is 3.05. The predicted octanol–water partition coefficient (Wildman–Crippen LogP) is 3.10. The zero-order chi connectivity index (χ0) is 20.5. The van der Waals surface area contributed by atoms with Crippen LogP contribution in [0.2, 0.25) is 0 Å². The van der Waals surface area contributed by atoms with Gasteiger partial charge in [0, 0.05) is 17.3 Å². The lowest BCUT2D eigenvalue weighted by Gasteiger charge is -2.08. The lowest BCUT2D eigenvalue weighted by atomic mass is 10.1. The number of nitrogens with one attached hydrogen (secondary N) is 1. The van der Waals surface area contributed by atoms with Crippen molar-refractivity contribution in [2.75, 3.05) is 26.1 Å². The molecule has 2 aromatic rings. The molecule has 28 heavy (non-hydrogen) atoms. The summed E-state index contributed by atoms with van der Waals surface area (Å²) in [6.07, 6.45) is 2.75. The normalized spacial score (nSPS) is 10.4. The Morgan fingerprint density at radius 1 is 1.00 bits per heavy atom. The summed E-state index contributed by atoms with van der Waals surface area (Å²) in [5.41, 5.74) is 1.64. The molecule has 0 saturated carbocycles. The third-order valence-electron chi connectivity index (χ3n) is 3.72. The molecule has 0 aromatic heterocycles. The molecule has 7 nitrogen and oxygen atoms in total. The molecule has 1 N–H and O–H groups in total. The summed E-state index contributed by atoms with van der Waals surface area (Å²) < 4.78 is 15.3. The van der Waals surface area contributed by atoms with Crippen LogP contribution in [-0.2, 0) is 14.3 Å². The summed E-state index contributed by atoms with van der Waals surface area (Å²) in [4.78, 5) is 35.1. The minimum atomic E-state index is -0.664. The number of benzene rings is 2. The topological polar surface area (TPSA) is 90.9 Å². The Balaban J connectivity index is 1.88. The summed E-state index contributed by atoms with van der Waals surface area (Å²) in [5, 5.41) is 2.57. The molecule has 0 fully saturated rings.